The SMILES string of the molecule is Cc1nnc(CC(=O)[C@@]23CC[C@]4(C)[C@H](CC[C@@H]5[C@@]6(C)CC[C@H](OC(=O)CC(C)(C)C(=O)O)C(C)(C)[C@@H]6CC[C@]54C)C2=C(C(C)C)C(=O)C3)s1. The number of carboxylic acid groups (broad SMARTS) is 1. The summed E-state index contributed by atoms with van der Waals surface area (Å²) in [6.45, 7) is 21.3. The Labute approximate surface area is 296 Å². The molecule has 0 saturated heterocycles. The molecule has 1 aromatic rings. The zero-order valence-electron chi connectivity index (χ0n) is 31.5. The Morgan fingerprint density at radius 1 is 0.939 bits per heavy atom. The van der Waals surface area contributed by atoms with Crippen LogP contribution in [0, 0.1) is 63.1 Å². The van der Waals surface area contributed by atoms with Crippen LogP contribution in [0.4, 0.5) is 0 Å². The second-order valence-electron chi connectivity index (χ2n) is 18.8. The maximum absolute atomic E-state index is 14.5. The van der Waals surface area contributed by atoms with Gasteiger partial charge in [-0.05, 0) is 123 Å². The molecule has 5 aliphatic carbocycles. The summed E-state index contributed by atoms with van der Waals surface area (Å²) in [5.41, 5.74) is -0.0229. The Hall–Kier alpha value is -2.42. The van der Waals surface area contributed by atoms with Crippen molar-refractivity contribution in [3.8, 4) is 0 Å². The summed E-state index contributed by atoms with van der Waals surface area (Å²) in [7, 11) is 0. The number of carbonyl (C=O) groups excluding carboxylic acids is 3. The lowest BCUT2D eigenvalue weighted by Gasteiger charge is -2.72. The number of Topliss-reactive ketones (excluding diaryl/α,β-unsaturated/α-hetero) is 2. The van der Waals surface area contributed by atoms with E-state index in [-0.39, 0.29) is 64.0 Å². The first kappa shape index (κ1) is 36.4. The highest BCUT2D eigenvalue weighted by Crippen LogP contribution is 2.77. The molecular weight excluding hydrogens is 637 g/mol. The Morgan fingerprint density at radius 2 is 1.63 bits per heavy atom. The van der Waals surface area contributed by atoms with Crippen molar-refractivity contribution < 1.29 is 29.0 Å². The zero-order chi connectivity index (χ0) is 36.1. The summed E-state index contributed by atoms with van der Waals surface area (Å²) in [6, 6.07) is 0. The first-order valence-corrected chi connectivity index (χ1v) is 19.5. The van der Waals surface area contributed by atoms with Crippen LogP contribution in [-0.4, -0.2) is 44.9 Å². The van der Waals surface area contributed by atoms with Gasteiger partial charge in [0.1, 0.15) is 21.9 Å². The molecular formula is C40H58N2O6S. The number of carboxylic acids is 1. The van der Waals surface area contributed by atoms with Crippen molar-refractivity contribution in [2.45, 2.75) is 146 Å². The first-order valence-electron chi connectivity index (χ1n) is 18.7. The molecule has 6 rings (SSSR count). The average molecular weight is 695 g/mol. The predicted molar refractivity (Wildman–Crippen MR) is 189 cm³/mol. The van der Waals surface area contributed by atoms with Crippen LogP contribution < -0.4 is 0 Å². The molecule has 49 heavy (non-hydrogen) atoms. The van der Waals surface area contributed by atoms with E-state index < -0.39 is 22.8 Å². The third-order valence-corrected chi connectivity index (χ3v) is 16.1. The number of aliphatic carboxylic acids is 1. The zero-order valence-corrected chi connectivity index (χ0v) is 32.3. The summed E-state index contributed by atoms with van der Waals surface area (Å²) in [4.78, 5) is 53.1. The molecule has 5 aliphatic rings. The van der Waals surface area contributed by atoms with Gasteiger partial charge < -0.3 is 9.84 Å². The van der Waals surface area contributed by atoms with E-state index in [1.54, 1.807) is 13.8 Å². The minimum Gasteiger partial charge on any atom is -0.481 e. The summed E-state index contributed by atoms with van der Waals surface area (Å²) in [6.07, 6.45) is 7.66. The number of aromatic nitrogens is 2. The number of hydrogen-bond donors (Lipinski definition) is 1. The van der Waals surface area contributed by atoms with Crippen LogP contribution in [0.5, 0.6) is 0 Å². The maximum atomic E-state index is 14.5. The third kappa shape index (κ3) is 5.32. The molecule has 0 amide bonds. The molecule has 270 valence electrons. The van der Waals surface area contributed by atoms with Crippen molar-refractivity contribution in [3.63, 3.8) is 0 Å². The fourth-order valence-electron chi connectivity index (χ4n) is 12.5. The number of nitrogens with zero attached hydrogens (tertiary/aromatic N) is 2. The smallest absolute Gasteiger partial charge is 0.309 e. The molecule has 1 aromatic heterocycles. The van der Waals surface area contributed by atoms with Gasteiger partial charge >= 0.3 is 11.9 Å². The number of rotatable bonds is 8. The first-order chi connectivity index (χ1) is 22.6. The van der Waals surface area contributed by atoms with Crippen LogP contribution in [0.15, 0.2) is 11.1 Å². The van der Waals surface area contributed by atoms with Gasteiger partial charge in [0, 0.05) is 11.8 Å². The number of ketones is 2. The van der Waals surface area contributed by atoms with E-state index in [1.807, 2.05) is 6.92 Å². The second-order valence-corrected chi connectivity index (χ2v) is 20.1. The van der Waals surface area contributed by atoms with E-state index in [9.17, 15) is 24.3 Å². The Kier molecular flexibility index (Phi) is 8.77. The number of esters is 1. The predicted octanol–water partition coefficient (Wildman–Crippen LogP) is 8.35. The van der Waals surface area contributed by atoms with Crippen molar-refractivity contribution in [1.29, 1.82) is 0 Å². The number of allylic oxidation sites excluding steroid dienone is 2. The van der Waals surface area contributed by atoms with Gasteiger partial charge in [0.15, 0.2) is 5.78 Å². The number of fused-ring (bicyclic) bond motifs is 7. The van der Waals surface area contributed by atoms with Gasteiger partial charge in [0.05, 0.1) is 23.7 Å². The van der Waals surface area contributed by atoms with Gasteiger partial charge in [0.2, 0.25) is 0 Å². The molecule has 0 radical (unpaired) electrons. The Balaban J connectivity index is 1.31. The average Bonchev–Trinajstić information content (AvgIpc) is 3.54. The fraction of sp³-hybridized carbons (Fsp3) is 0.800. The van der Waals surface area contributed by atoms with Crippen molar-refractivity contribution in [1.82, 2.24) is 10.2 Å². The van der Waals surface area contributed by atoms with Crippen LogP contribution in [-0.2, 0) is 30.3 Å². The van der Waals surface area contributed by atoms with Crippen molar-refractivity contribution in [2.75, 3.05) is 0 Å². The summed E-state index contributed by atoms with van der Waals surface area (Å²) >= 11 is 1.48. The van der Waals surface area contributed by atoms with E-state index in [4.69, 9.17) is 4.74 Å². The fourth-order valence-corrected chi connectivity index (χ4v) is 13.2. The Morgan fingerprint density at radius 3 is 2.24 bits per heavy atom. The number of ether oxygens (including phenoxy) is 1. The molecule has 4 saturated carbocycles. The van der Waals surface area contributed by atoms with E-state index in [0.29, 0.717) is 24.7 Å². The van der Waals surface area contributed by atoms with Gasteiger partial charge in [-0.3, -0.25) is 19.2 Å². The van der Waals surface area contributed by atoms with Gasteiger partial charge in [-0.1, -0.05) is 48.5 Å². The van der Waals surface area contributed by atoms with Gasteiger partial charge in [-0.15, -0.1) is 21.5 Å². The molecule has 8 nitrogen and oxygen atoms in total. The highest BCUT2D eigenvalue weighted by atomic mass is 32.1. The normalized spacial score (nSPS) is 38.4. The molecule has 1 heterocycles. The van der Waals surface area contributed by atoms with Gasteiger partial charge in [-0.2, -0.15) is 0 Å². The number of carbonyl (C=O) groups is 4. The maximum Gasteiger partial charge on any atom is 0.309 e. The lowest BCUT2D eigenvalue weighted by Crippen LogP contribution is -2.66. The van der Waals surface area contributed by atoms with Crippen molar-refractivity contribution in [3.05, 3.63) is 21.2 Å². The topological polar surface area (TPSA) is 124 Å². The highest BCUT2D eigenvalue weighted by molar-refractivity contribution is 7.11. The van der Waals surface area contributed by atoms with Crippen molar-refractivity contribution in [2.24, 2.45) is 56.2 Å². The van der Waals surface area contributed by atoms with E-state index in [2.05, 4.69) is 58.7 Å². The lowest BCUT2D eigenvalue weighted by atomic mass is 9.33. The summed E-state index contributed by atoms with van der Waals surface area (Å²) in [5, 5.41) is 19.6. The highest BCUT2D eigenvalue weighted by Gasteiger charge is 2.71. The molecule has 0 unspecified atom stereocenters. The number of aryl methyl sites for hydroxylation is 1. The lowest BCUT2D eigenvalue weighted by molar-refractivity contribution is -0.233. The third-order valence-electron chi connectivity index (χ3n) is 15.2. The molecule has 0 spiro atoms. The monoisotopic (exact) mass is 694 g/mol. The van der Waals surface area contributed by atoms with Gasteiger partial charge in [-0.25, -0.2) is 0 Å². The quantitative estimate of drug-likeness (QED) is 0.269. The summed E-state index contributed by atoms with van der Waals surface area (Å²) in [5.74, 6) is -0.0227. The van der Waals surface area contributed by atoms with Crippen molar-refractivity contribution >= 4 is 34.8 Å². The molecule has 4 fully saturated rings. The van der Waals surface area contributed by atoms with E-state index in [0.717, 1.165) is 60.5 Å². The molecule has 1 N–H and O–H groups in total. The minimum absolute atomic E-state index is 0.0263. The van der Waals surface area contributed by atoms with Crippen LogP contribution >= 0.6 is 11.3 Å². The molecule has 0 aliphatic heterocycles. The van der Waals surface area contributed by atoms with E-state index >= 15 is 0 Å². The van der Waals surface area contributed by atoms with E-state index in [1.165, 1.54) is 16.9 Å². The van der Waals surface area contributed by atoms with Crippen LogP contribution in [0.2, 0.25) is 0 Å². The van der Waals surface area contributed by atoms with Crippen LogP contribution in [0.25, 0.3) is 0 Å². The van der Waals surface area contributed by atoms with Crippen LogP contribution in [0.1, 0.15) is 137 Å². The molecule has 9 heteroatoms. The number of hydrogen-bond acceptors (Lipinski definition) is 8. The van der Waals surface area contributed by atoms with Crippen LogP contribution in [0.3, 0.4) is 0 Å². The second kappa shape index (κ2) is 11.8. The van der Waals surface area contributed by atoms with Gasteiger partial charge in [0.25, 0.3) is 0 Å². The Bertz CT molecular complexity index is 1610. The minimum atomic E-state index is -1.17. The summed E-state index contributed by atoms with van der Waals surface area (Å²) < 4.78 is 6.14. The molecule has 8 atom stereocenters. The molecule has 0 aromatic carbocycles. The largest absolute Gasteiger partial charge is 0.481 e. The standard InChI is InChI=1S/C40H58N2O6S/c1-22(2)32-25(43)20-40(28(44)19-30-42-41-23(3)49-30)18-17-38(9)24(33(32)40)11-12-27-37(8)15-14-29(48-31(45)21-35(4,5)34(46)47)36(6,7)26(37)13-16-39(27,38)10/h22,24,26-27,29H,11-21H2,1-10H3,(H,46,47)/t24-,26+,27-,29+,37+,38-,39-,40+/m1/s1. The molecule has 0 bridgehead atoms.